The number of hydrogen-bond donors (Lipinski definition) is 1. The molecule has 3 heterocycles. The van der Waals surface area contributed by atoms with Gasteiger partial charge < -0.3 is 15.1 Å². The minimum Gasteiger partial charge on any atom is -0.345 e. The van der Waals surface area contributed by atoms with Crippen LogP contribution in [0.4, 0.5) is 5.13 Å². The molecule has 0 aliphatic carbocycles. The van der Waals surface area contributed by atoms with Gasteiger partial charge >= 0.3 is 0 Å². The van der Waals surface area contributed by atoms with Crippen LogP contribution in [0.5, 0.6) is 0 Å². The maximum Gasteiger partial charge on any atom is 0.225 e. The highest BCUT2D eigenvalue weighted by Gasteiger charge is 2.30. The first kappa shape index (κ1) is 18.5. The fraction of sp³-hybridized carbons (Fsp3) is 0.750. The first-order chi connectivity index (χ1) is 10.7. The van der Waals surface area contributed by atoms with E-state index < -0.39 is 0 Å². The summed E-state index contributed by atoms with van der Waals surface area (Å²) in [4.78, 5) is 22.9. The van der Waals surface area contributed by atoms with Crippen LogP contribution in [0.3, 0.4) is 0 Å². The first-order valence-electron chi connectivity index (χ1n) is 8.39. The van der Waals surface area contributed by atoms with Crippen LogP contribution in [-0.2, 0) is 11.2 Å². The van der Waals surface area contributed by atoms with Crippen molar-refractivity contribution in [2.75, 3.05) is 37.6 Å². The van der Waals surface area contributed by atoms with Crippen LogP contribution in [0.15, 0.2) is 6.20 Å². The average molecular weight is 359 g/mol. The van der Waals surface area contributed by atoms with E-state index >= 15 is 0 Å². The van der Waals surface area contributed by atoms with Gasteiger partial charge in [0.25, 0.3) is 0 Å². The molecule has 0 spiro atoms. The molecule has 23 heavy (non-hydrogen) atoms. The highest BCUT2D eigenvalue weighted by Crippen LogP contribution is 2.25. The SMILES string of the molecule is CCc1cnc(N2CCN(C(=O)[C@H]3CCN[C@@H](C)C3)CC2)s1.Cl. The first-order valence-corrected chi connectivity index (χ1v) is 9.21. The van der Waals surface area contributed by atoms with Gasteiger partial charge in [-0.15, -0.1) is 23.7 Å². The summed E-state index contributed by atoms with van der Waals surface area (Å²) in [5.41, 5.74) is 0. The fourth-order valence-corrected chi connectivity index (χ4v) is 4.24. The Morgan fingerprint density at radius 1 is 1.39 bits per heavy atom. The lowest BCUT2D eigenvalue weighted by atomic mass is 9.92. The number of halogens is 1. The second-order valence-electron chi connectivity index (χ2n) is 6.35. The van der Waals surface area contributed by atoms with Crippen molar-refractivity contribution in [3.05, 3.63) is 11.1 Å². The van der Waals surface area contributed by atoms with Crippen molar-refractivity contribution in [3.63, 3.8) is 0 Å². The normalized spacial score (nSPS) is 25.1. The number of aromatic nitrogens is 1. The van der Waals surface area contributed by atoms with Crippen molar-refractivity contribution >= 4 is 34.8 Å². The number of piperidine rings is 1. The number of amides is 1. The third kappa shape index (κ3) is 4.37. The van der Waals surface area contributed by atoms with Gasteiger partial charge in [-0.3, -0.25) is 4.79 Å². The van der Waals surface area contributed by atoms with Gasteiger partial charge in [-0.25, -0.2) is 4.98 Å². The van der Waals surface area contributed by atoms with E-state index in [0.29, 0.717) is 11.9 Å². The summed E-state index contributed by atoms with van der Waals surface area (Å²) in [6, 6.07) is 0.465. The standard InChI is InChI=1S/C16H26N4OS.ClH/c1-3-14-11-18-16(22-14)20-8-6-19(7-9-20)15(21)13-4-5-17-12(2)10-13;/h11-13,17H,3-10H2,1-2H3;1H/t12-,13-;/m0./s1. The summed E-state index contributed by atoms with van der Waals surface area (Å²) < 4.78 is 0. The molecule has 0 saturated carbocycles. The Labute approximate surface area is 148 Å². The van der Waals surface area contributed by atoms with E-state index in [0.717, 1.165) is 57.1 Å². The molecule has 2 aliphatic rings. The largest absolute Gasteiger partial charge is 0.345 e. The molecule has 130 valence electrons. The van der Waals surface area contributed by atoms with Gasteiger partial charge in [0.15, 0.2) is 5.13 Å². The molecule has 0 unspecified atom stereocenters. The van der Waals surface area contributed by atoms with E-state index in [1.54, 1.807) is 11.3 Å². The van der Waals surface area contributed by atoms with E-state index in [2.05, 4.69) is 33.9 Å². The Hall–Kier alpha value is -0.850. The lowest BCUT2D eigenvalue weighted by Gasteiger charge is -2.38. The molecule has 0 aromatic carbocycles. The van der Waals surface area contributed by atoms with Crippen molar-refractivity contribution in [1.29, 1.82) is 0 Å². The van der Waals surface area contributed by atoms with Crippen LogP contribution < -0.4 is 10.2 Å². The zero-order valence-corrected chi connectivity index (χ0v) is 15.6. The molecule has 3 rings (SSSR count). The average Bonchev–Trinajstić information content (AvgIpc) is 3.03. The summed E-state index contributed by atoms with van der Waals surface area (Å²) in [6.45, 7) is 8.78. The molecule has 1 N–H and O–H groups in total. The minimum absolute atomic E-state index is 0. The van der Waals surface area contributed by atoms with E-state index in [9.17, 15) is 4.79 Å². The summed E-state index contributed by atoms with van der Waals surface area (Å²) in [5.74, 6) is 0.579. The maximum absolute atomic E-state index is 12.7. The van der Waals surface area contributed by atoms with E-state index in [1.165, 1.54) is 4.88 Å². The Balaban J connectivity index is 0.00000192. The Bertz CT molecular complexity index is 516. The molecule has 1 aromatic rings. The van der Waals surface area contributed by atoms with Crippen LogP contribution in [0.1, 0.15) is 31.6 Å². The van der Waals surface area contributed by atoms with Crippen molar-refractivity contribution < 1.29 is 4.79 Å². The minimum atomic E-state index is 0. The Kier molecular flexibility index (Phi) is 6.68. The summed E-state index contributed by atoms with van der Waals surface area (Å²) in [5, 5.41) is 4.53. The van der Waals surface area contributed by atoms with Gasteiger partial charge in [-0.2, -0.15) is 0 Å². The molecule has 1 aromatic heterocycles. The van der Waals surface area contributed by atoms with Gasteiger partial charge in [-0.05, 0) is 32.7 Å². The van der Waals surface area contributed by atoms with E-state index in [1.807, 2.05) is 6.20 Å². The summed E-state index contributed by atoms with van der Waals surface area (Å²) in [7, 11) is 0. The zero-order chi connectivity index (χ0) is 15.5. The molecule has 1 amide bonds. The van der Waals surface area contributed by atoms with E-state index in [4.69, 9.17) is 0 Å². The lowest BCUT2D eigenvalue weighted by molar-refractivity contribution is -0.137. The van der Waals surface area contributed by atoms with Crippen molar-refractivity contribution in [2.45, 2.75) is 39.2 Å². The molecular weight excluding hydrogens is 332 g/mol. The molecule has 2 fully saturated rings. The molecule has 0 radical (unpaired) electrons. The number of anilines is 1. The van der Waals surface area contributed by atoms with Gasteiger partial charge in [-0.1, -0.05) is 6.92 Å². The molecule has 0 bridgehead atoms. The second kappa shape index (κ2) is 8.31. The lowest BCUT2D eigenvalue weighted by Crippen LogP contribution is -2.52. The molecule has 2 aliphatic heterocycles. The second-order valence-corrected chi connectivity index (χ2v) is 7.45. The number of carbonyl (C=O) groups excluding carboxylic acids is 1. The molecule has 2 atom stereocenters. The summed E-state index contributed by atoms with van der Waals surface area (Å²) in [6.07, 6.45) is 4.99. The predicted octanol–water partition coefficient (Wildman–Crippen LogP) is 2.16. The smallest absolute Gasteiger partial charge is 0.225 e. The topological polar surface area (TPSA) is 48.5 Å². The van der Waals surface area contributed by atoms with Crippen molar-refractivity contribution in [3.8, 4) is 0 Å². The Morgan fingerprint density at radius 3 is 2.74 bits per heavy atom. The maximum atomic E-state index is 12.7. The van der Waals surface area contributed by atoms with Gasteiger partial charge in [0.05, 0.1) is 0 Å². The number of aryl methyl sites for hydroxylation is 1. The number of hydrogen-bond acceptors (Lipinski definition) is 5. The molecule has 2 saturated heterocycles. The molecule has 7 heteroatoms. The quantitative estimate of drug-likeness (QED) is 0.899. The van der Waals surface area contributed by atoms with Crippen molar-refractivity contribution in [1.82, 2.24) is 15.2 Å². The monoisotopic (exact) mass is 358 g/mol. The highest BCUT2D eigenvalue weighted by molar-refractivity contribution is 7.15. The zero-order valence-electron chi connectivity index (χ0n) is 14.0. The van der Waals surface area contributed by atoms with Gasteiger partial charge in [0.1, 0.15) is 0 Å². The van der Waals surface area contributed by atoms with Crippen LogP contribution in [0.2, 0.25) is 0 Å². The number of thiazole rings is 1. The molecule has 5 nitrogen and oxygen atoms in total. The number of piperazine rings is 1. The predicted molar refractivity (Wildman–Crippen MR) is 97.7 cm³/mol. The third-order valence-corrected chi connectivity index (χ3v) is 5.93. The van der Waals surface area contributed by atoms with Crippen molar-refractivity contribution in [2.24, 2.45) is 5.92 Å². The number of nitrogens with one attached hydrogen (secondary N) is 1. The number of carbonyl (C=O) groups is 1. The highest BCUT2D eigenvalue weighted by atomic mass is 35.5. The van der Waals surface area contributed by atoms with Crippen LogP contribution in [0.25, 0.3) is 0 Å². The molecular formula is C16H27ClN4OS. The van der Waals surface area contributed by atoms with Gasteiger partial charge in [0, 0.05) is 49.2 Å². The van der Waals surface area contributed by atoms with E-state index in [-0.39, 0.29) is 18.3 Å². The van der Waals surface area contributed by atoms with Gasteiger partial charge in [0.2, 0.25) is 5.91 Å². The Morgan fingerprint density at radius 2 is 2.13 bits per heavy atom. The fourth-order valence-electron chi connectivity index (χ4n) is 3.34. The summed E-state index contributed by atoms with van der Waals surface area (Å²) >= 11 is 1.78. The third-order valence-electron chi connectivity index (χ3n) is 4.72. The van der Waals surface area contributed by atoms with Crippen LogP contribution in [-0.4, -0.2) is 54.6 Å². The van der Waals surface area contributed by atoms with Crippen LogP contribution >= 0.6 is 23.7 Å². The number of nitrogens with zero attached hydrogens (tertiary/aromatic N) is 3. The van der Waals surface area contributed by atoms with Crippen LogP contribution in [0, 0.1) is 5.92 Å². The number of rotatable bonds is 3.